The van der Waals surface area contributed by atoms with Gasteiger partial charge in [0.15, 0.2) is 0 Å². The molecule has 0 aliphatic heterocycles. The lowest BCUT2D eigenvalue weighted by molar-refractivity contribution is -0.144. The van der Waals surface area contributed by atoms with Crippen LogP contribution in [0, 0.1) is 5.92 Å². The number of carboxylic acids is 1. The van der Waals surface area contributed by atoms with Crippen molar-refractivity contribution in [2.75, 3.05) is 0 Å². The Morgan fingerprint density at radius 3 is 1.83 bits per heavy atom. The summed E-state index contributed by atoms with van der Waals surface area (Å²) >= 11 is 0. The highest BCUT2D eigenvalue weighted by Gasteiger charge is 2.32. The molecule has 0 saturated heterocycles. The molecule has 132 valence electrons. The van der Waals surface area contributed by atoms with E-state index in [0.29, 0.717) is 0 Å². The third-order valence-electron chi connectivity index (χ3n) is 3.05. The van der Waals surface area contributed by atoms with Crippen LogP contribution in [0.25, 0.3) is 0 Å². The van der Waals surface area contributed by atoms with Crippen LogP contribution in [0.4, 0.5) is 0 Å². The smallest absolute Gasteiger partial charge is 0.326 e. The van der Waals surface area contributed by atoms with Gasteiger partial charge in [-0.1, -0.05) is 13.8 Å². The molecule has 4 atom stereocenters. The van der Waals surface area contributed by atoms with Gasteiger partial charge in [0.1, 0.15) is 12.1 Å². The zero-order valence-corrected chi connectivity index (χ0v) is 13.3. The molecule has 0 saturated carbocycles. The largest absolute Gasteiger partial charge is 0.480 e. The van der Waals surface area contributed by atoms with E-state index in [1.165, 1.54) is 6.92 Å². The summed E-state index contributed by atoms with van der Waals surface area (Å²) in [5.74, 6) is -4.17. The van der Waals surface area contributed by atoms with E-state index in [1.807, 2.05) is 0 Å². The number of primary amides is 1. The Morgan fingerprint density at radius 2 is 1.48 bits per heavy atom. The molecule has 8 N–H and O–H groups in total. The van der Waals surface area contributed by atoms with Crippen molar-refractivity contribution in [1.82, 2.24) is 10.6 Å². The molecule has 0 radical (unpaired) electrons. The summed E-state index contributed by atoms with van der Waals surface area (Å²) in [6.07, 6.45) is -1.73. The van der Waals surface area contributed by atoms with E-state index in [-0.39, 0.29) is 0 Å². The molecule has 0 aromatic carbocycles. The van der Waals surface area contributed by atoms with Crippen molar-refractivity contribution in [2.45, 2.75) is 51.4 Å². The van der Waals surface area contributed by atoms with Crippen LogP contribution >= 0.6 is 0 Å². The lowest BCUT2D eigenvalue weighted by Gasteiger charge is -2.25. The van der Waals surface area contributed by atoms with Crippen LogP contribution in [0.5, 0.6) is 0 Å². The number of aliphatic hydroxyl groups is 1. The predicted molar refractivity (Wildman–Crippen MR) is 79.8 cm³/mol. The van der Waals surface area contributed by atoms with Gasteiger partial charge >= 0.3 is 5.97 Å². The van der Waals surface area contributed by atoms with E-state index in [1.54, 1.807) is 13.8 Å². The molecular formula is C13H24N4O6. The number of carboxylic acid groups (broad SMARTS) is 1. The summed E-state index contributed by atoms with van der Waals surface area (Å²) < 4.78 is 0. The molecule has 0 fully saturated rings. The molecule has 10 nitrogen and oxygen atoms in total. The van der Waals surface area contributed by atoms with Crippen LogP contribution in [-0.4, -0.2) is 58.1 Å². The molecule has 3 amide bonds. The minimum absolute atomic E-state index is 0.404. The third-order valence-corrected chi connectivity index (χ3v) is 3.05. The first kappa shape index (κ1) is 20.8. The first-order chi connectivity index (χ1) is 10.5. The molecule has 0 aliphatic carbocycles. The van der Waals surface area contributed by atoms with Gasteiger partial charge in [-0.2, -0.15) is 0 Å². The standard InChI is InChI=1S/C13H24N4O6/c1-5(2)9(13(22)23)16-12(21)10(6(3)18)17-11(20)7(14)4-8(15)19/h5-7,9-10,18H,4,14H2,1-3H3,(H2,15,19)(H,16,21)(H,17,20)(H,22,23)/t6-,7+,9+,10+/m1/s1. The predicted octanol–water partition coefficient (Wildman–Crippen LogP) is -2.72. The number of hydrogen-bond acceptors (Lipinski definition) is 6. The van der Waals surface area contributed by atoms with Gasteiger partial charge in [0.05, 0.1) is 18.6 Å². The fourth-order valence-corrected chi connectivity index (χ4v) is 1.73. The first-order valence-corrected chi connectivity index (χ1v) is 7.02. The monoisotopic (exact) mass is 332 g/mol. The molecule has 0 aliphatic rings. The van der Waals surface area contributed by atoms with Crippen molar-refractivity contribution in [3.8, 4) is 0 Å². The second kappa shape index (κ2) is 9.06. The van der Waals surface area contributed by atoms with Crippen LogP contribution < -0.4 is 22.1 Å². The van der Waals surface area contributed by atoms with E-state index in [9.17, 15) is 24.3 Å². The van der Waals surface area contributed by atoms with E-state index in [2.05, 4.69) is 10.6 Å². The Labute approximate surface area is 133 Å². The number of nitrogens with two attached hydrogens (primary N) is 2. The zero-order valence-electron chi connectivity index (χ0n) is 13.3. The number of nitrogens with one attached hydrogen (secondary N) is 2. The molecule has 0 heterocycles. The average Bonchev–Trinajstić information content (AvgIpc) is 2.39. The lowest BCUT2D eigenvalue weighted by atomic mass is 10.0. The second-order valence-electron chi connectivity index (χ2n) is 5.57. The Kier molecular flexibility index (Phi) is 8.19. The van der Waals surface area contributed by atoms with E-state index in [4.69, 9.17) is 16.6 Å². The number of carbonyl (C=O) groups excluding carboxylic acids is 3. The van der Waals surface area contributed by atoms with Gasteiger partial charge in [-0.05, 0) is 12.8 Å². The molecule has 0 aromatic heterocycles. The normalized spacial score (nSPS) is 16.1. The van der Waals surface area contributed by atoms with Crippen LogP contribution in [0.2, 0.25) is 0 Å². The van der Waals surface area contributed by atoms with Crippen LogP contribution in [0.15, 0.2) is 0 Å². The zero-order chi connectivity index (χ0) is 18.3. The van der Waals surface area contributed by atoms with Gasteiger partial charge in [0, 0.05) is 0 Å². The van der Waals surface area contributed by atoms with Crippen molar-refractivity contribution in [1.29, 1.82) is 0 Å². The molecule has 0 spiro atoms. The number of aliphatic carboxylic acids is 1. The van der Waals surface area contributed by atoms with E-state index >= 15 is 0 Å². The summed E-state index contributed by atoms with van der Waals surface area (Å²) in [6, 6.07) is -3.87. The minimum atomic E-state index is -1.41. The summed E-state index contributed by atoms with van der Waals surface area (Å²) in [5.41, 5.74) is 10.4. The van der Waals surface area contributed by atoms with Crippen LogP contribution in [-0.2, 0) is 19.2 Å². The molecule has 0 bridgehead atoms. The maximum atomic E-state index is 12.1. The van der Waals surface area contributed by atoms with Gasteiger partial charge in [-0.25, -0.2) is 4.79 Å². The van der Waals surface area contributed by atoms with Gasteiger partial charge in [0.2, 0.25) is 17.7 Å². The molecule has 0 unspecified atom stereocenters. The molecule has 0 aromatic rings. The summed E-state index contributed by atoms with van der Waals surface area (Å²) in [4.78, 5) is 45.7. The maximum absolute atomic E-state index is 12.1. The third kappa shape index (κ3) is 7.06. The van der Waals surface area contributed by atoms with Crippen molar-refractivity contribution in [2.24, 2.45) is 17.4 Å². The molecule has 10 heteroatoms. The number of rotatable bonds is 9. The highest BCUT2D eigenvalue weighted by molar-refractivity contribution is 5.93. The number of carbonyl (C=O) groups is 4. The van der Waals surface area contributed by atoms with Crippen molar-refractivity contribution < 1.29 is 29.4 Å². The number of amides is 3. The topological polar surface area (TPSA) is 185 Å². The lowest BCUT2D eigenvalue weighted by Crippen LogP contribution is -2.59. The molecular weight excluding hydrogens is 308 g/mol. The van der Waals surface area contributed by atoms with Gasteiger partial charge in [-0.3, -0.25) is 14.4 Å². The van der Waals surface area contributed by atoms with Gasteiger partial charge in [0.25, 0.3) is 0 Å². The number of hydrogen-bond donors (Lipinski definition) is 6. The minimum Gasteiger partial charge on any atom is -0.480 e. The Bertz CT molecular complexity index is 465. The van der Waals surface area contributed by atoms with E-state index in [0.717, 1.165) is 0 Å². The SMILES string of the molecule is CC(C)[C@H](NC(=O)[C@@H](NC(=O)[C@@H](N)CC(N)=O)[C@@H](C)O)C(=O)O. The Hall–Kier alpha value is -2.20. The quantitative estimate of drug-likeness (QED) is 0.265. The number of aliphatic hydroxyl groups excluding tert-OH is 1. The Balaban J connectivity index is 4.97. The summed E-state index contributed by atoms with van der Waals surface area (Å²) in [5, 5.41) is 23.1. The summed E-state index contributed by atoms with van der Waals surface area (Å²) in [7, 11) is 0. The molecule has 0 rings (SSSR count). The van der Waals surface area contributed by atoms with Gasteiger partial charge < -0.3 is 32.3 Å². The average molecular weight is 332 g/mol. The van der Waals surface area contributed by atoms with Crippen molar-refractivity contribution >= 4 is 23.7 Å². The van der Waals surface area contributed by atoms with Crippen molar-refractivity contribution in [3.05, 3.63) is 0 Å². The fourth-order valence-electron chi connectivity index (χ4n) is 1.73. The maximum Gasteiger partial charge on any atom is 0.326 e. The second-order valence-corrected chi connectivity index (χ2v) is 5.57. The van der Waals surface area contributed by atoms with E-state index < -0.39 is 60.3 Å². The highest BCUT2D eigenvalue weighted by Crippen LogP contribution is 2.04. The van der Waals surface area contributed by atoms with Crippen LogP contribution in [0.3, 0.4) is 0 Å². The first-order valence-electron chi connectivity index (χ1n) is 7.02. The van der Waals surface area contributed by atoms with Gasteiger partial charge in [-0.15, -0.1) is 0 Å². The fraction of sp³-hybridized carbons (Fsp3) is 0.692. The molecule has 23 heavy (non-hydrogen) atoms. The highest BCUT2D eigenvalue weighted by atomic mass is 16.4. The summed E-state index contributed by atoms with van der Waals surface area (Å²) in [6.45, 7) is 4.44. The Morgan fingerprint density at radius 1 is 1.00 bits per heavy atom. The van der Waals surface area contributed by atoms with Crippen molar-refractivity contribution in [3.63, 3.8) is 0 Å². The van der Waals surface area contributed by atoms with Crippen LogP contribution in [0.1, 0.15) is 27.2 Å².